The second-order valence-electron chi connectivity index (χ2n) is 7.18. The molecular weight excluding hydrogens is 348 g/mol. The van der Waals surface area contributed by atoms with Gasteiger partial charge in [-0.3, -0.25) is 4.90 Å². The largest absolute Gasteiger partial charge is 0.480 e. The van der Waals surface area contributed by atoms with E-state index in [-0.39, 0.29) is 0 Å². The first-order chi connectivity index (χ1) is 13.2. The number of anilines is 1. The minimum absolute atomic E-state index is 0.331. The molecule has 2 aromatic rings. The predicted octanol–water partition coefficient (Wildman–Crippen LogP) is 0.538. The molecule has 0 bridgehead atoms. The van der Waals surface area contributed by atoms with Crippen molar-refractivity contribution < 1.29 is 19.3 Å². The van der Waals surface area contributed by atoms with Crippen molar-refractivity contribution in [2.75, 3.05) is 71.2 Å². The molecule has 146 valence electrons. The van der Waals surface area contributed by atoms with Crippen molar-refractivity contribution in [2.24, 2.45) is 0 Å². The number of piperazine rings is 1. The number of β-amino-alcohol motifs (C(OH)–C–C–N with tert-alkyl or cyclic N) is 1. The van der Waals surface area contributed by atoms with Gasteiger partial charge in [-0.15, -0.1) is 0 Å². The van der Waals surface area contributed by atoms with Crippen molar-refractivity contribution in [2.45, 2.75) is 5.60 Å². The predicted molar refractivity (Wildman–Crippen MR) is 101 cm³/mol. The lowest BCUT2D eigenvalue weighted by molar-refractivity contribution is -0.0746. The van der Waals surface area contributed by atoms with Gasteiger partial charge in [-0.1, -0.05) is 0 Å². The molecule has 4 rings (SSSR count). The monoisotopic (exact) mass is 374 g/mol. The number of hydrogen-bond acceptors (Lipinski definition) is 8. The molecule has 0 amide bonds. The Bertz CT molecular complexity index is 771. The third-order valence-electron chi connectivity index (χ3n) is 5.14. The number of benzene rings is 1. The maximum atomic E-state index is 10.7. The first kappa shape index (κ1) is 18.4. The maximum Gasteiger partial charge on any atom is 0.224 e. The SMILES string of the molecule is COc1ncnc2ccc(N3CCN(CC4(O)COCCOC4)CC3)cc12. The third-order valence-corrected chi connectivity index (χ3v) is 5.14. The van der Waals surface area contributed by atoms with Gasteiger partial charge in [0.1, 0.15) is 11.9 Å². The number of methoxy groups -OCH3 is 1. The van der Waals surface area contributed by atoms with Crippen LogP contribution in [0.5, 0.6) is 5.88 Å². The van der Waals surface area contributed by atoms with Gasteiger partial charge in [0, 0.05) is 38.4 Å². The van der Waals surface area contributed by atoms with Gasteiger partial charge in [-0.05, 0) is 18.2 Å². The van der Waals surface area contributed by atoms with Crippen LogP contribution >= 0.6 is 0 Å². The molecule has 2 fully saturated rings. The van der Waals surface area contributed by atoms with Gasteiger partial charge in [-0.2, -0.15) is 0 Å². The van der Waals surface area contributed by atoms with Gasteiger partial charge >= 0.3 is 0 Å². The zero-order chi connectivity index (χ0) is 18.7. The summed E-state index contributed by atoms with van der Waals surface area (Å²) in [4.78, 5) is 13.1. The standard InChI is InChI=1S/C19H26N4O4/c1-25-18-16-10-15(2-3-17(16)20-14-21-18)23-6-4-22(5-7-23)11-19(24)12-26-8-9-27-13-19/h2-3,10,14,24H,4-9,11-13H2,1H3. The molecule has 2 aliphatic heterocycles. The normalized spacial score (nSPS) is 21.2. The van der Waals surface area contributed by atoms with Crippen molar-refractivity contribution in [1.29, 1.82) is 0 Å². The average molecular weight is 374 g/mol. The number of rotatable bonds is 4. The van der Waals surface area contributed by atoms with Crippen LogP contribution in [0.25, 0.3) is 10.9 Å². The van der Waals surface area contributed by atoms with Crippen molar-refractivity contribution in [3.05, 3.63) is 24.5 Å². The van der Waals surface area contributed by atoms with Crippen LogP contribution in [0, 0.1) is 0 Å². The molecule has 2 saturated heterocycles. The summed E-state index contributed by atoms with van der Waals surface area (Å²) in [6, 6.07) is 6.18. The molecule has 27 heavy (non-hydrogen) atoms. The molecule has 1 aromatic carbocycles. The van der Waals surface area contributed by atoms with Crippen LogP contribution in [-0.4, -0.2) is 91.8 Å². The lowest BCUT2D eigenvalue weighted by Gasteiger charge is -2.39. The number of aromatic nitrogens is 2. The maximum absolute atomic E-state index is 10.7. The van der Waals surface area contributed by atoms with Gasteiger partial charge in [0.2, 0.25) is 5.88 Å². The molecule has 1 N–H and O–H groups in total. The summed E-state index contributed by atoms with van der Waals surface area (Å²) < 4.78 is 16.3. The Balaban J connectivity index is 1.41. The number of aliphatic hydroxyl groups is 1. The van der Waals surface area contributed by atoms with E-state index in [2.05, 4.69) is 31.9 Å². The van der Waals surface area contributed by atoms with E-state index in [1.54, 1.807) is 7.11 Å². The minimum atomic E-state index is -0.924. The van der Waals surface area contributed by atoms with Gasteiger partial charge in [0.25, 0.3) is 0 Å². The molecule has 0 unspecified atom stereocenters. The highest BCUT2D eigenvalue weighted by Gasteiger charge is 2.33. The number of nitrogens with zero attached hydrogens (tertiary/aromatic N) is 4. The van der Waals surface area contributed by atoms with Crippen LogP contribution in [-0.2, 0) is 9.47 Å². The lowest BCUT2D eigenvalue weighted by Crippen LogP contribution is -2.54. The van der Waals surface area contributed by atoms with Crippen LogP contribution in [0.2, 0.25) is 0 Å². The Morgan fingerprint density at radius 3 is 2.56 bits per heavy atom. The Morgan fingerprint density at radius 1 is 1.11 bits per heavy atom. The Morgan fingerprint density at radius 2 is 1.85 bits per heavy atom. The molecule has 0 spiro atoms. The fourth-order valence-corrected chi connectivity index (χ4v) is 3.74. The highest BCUT2D eigenvalue weighted by Crippen LogP contribution is 2.27. The van der Waals surface area contributed by atoms with Crippen molar-refractivity contribution in [3.8, 4) is 5.88 Å². The molecule has 0 atom stereocenters. The number of fused-ring (bicyclic) bond motifs is 1. The number of ether oxygens (including phenoxy) is 3. The van der Waals surface area contributed by atoms with Crippen molar-refractivity contribution in [3.63, 3.8) is 0 Å². The molecule has 8 nitrogen and oxygen atoms in total. The van der Waals surface area contributed by atoms with E-state index >= 15 is 0 Å². The Labute approximate surface area is 158 Å². The van der Waals surface area contributed by atoms with Gasteiger partial charge in [0.15, 0.2) is 0 Å². The lowest BCUT2D eigenvalue weighted by atomic mass is 10.1. The van der Waals surface area contributed by atoms with Crippen molar-refractivity contribution >= 4 is 16.6 Å². The first-order valence-corrected chi connectivity index (χ1v) is 9.31. The fourth-order valence-electron chi connectivity index (χ4n) is 3.74. The van der Waals surface area contributed by atoms with E-state index in [0.717, 1.165) is 42.8 Å². The number of hydrogen-bond donors (Lipinski definition) is 1. The molecule has 3 heterocycles. The molecule has 1 aromatic heterocycles. The van der Waals surface area contributed by atoms with Crippen LogP contribution in [0.3, 0.4) is 0 Å². The molecule has 0 radical (unpaired) electrons. The fraction of sp³-hybridized carbons (Fsp3) is 0.579. The van der Waals surface area contributed by atoms with Gasteiger partial charge < -0.3 is 24.2 Å². The van der Waals surface area contributed by atoms with Crippen molar-refractivity contribution in [1.82, 2.24) is 14.9 Å². The summed E-state index contributed by atoms with van der Waals surface area (Å²) in [6.07, 6.45) is 1.52. The average Bonchev–Trinajstić information content (AvgIpc) is 2.92. The summed E-state index contributed by atoms with van der Waals surface area (Å²) in [7, 11) is 1.62. The van der Waals surface area contributed by atoms with E-state index in [9.17, 15) is 5.11 Å². The second-order valence-corrected chi connectivity index (χ2v) is 7.18. The van der Waals surface area contributed by atoms with Crippen LogP contribution in [0.1, 0.15) is 0 Å². The van der Waals surface area contributed by atoms with Crippen LogP contribution < -0.4 is 9.64 Å². The smallest absolute Gasteiger partial charge is 0.224 e. The molecule has 0 aliphatic carbocycles. The summed E-state index contributed by atoms with van der Waals surface area (Å²) in [6.45, 7) is 5.86. The summed E-state index contributed by atoms with van der Waals surface area (Å²) in [5, 5.41) is 11.6. The van der Waals surface area contributed by atoms with Crippen LogP contribution in [0.4, 0.5) is 5.69 Å². The highest BCUT2D eigenvalue weighted by atomic mass is 16.6. The van der Waals surface area contributed by atoms with E-state index in [4.69, 9.17) is 14.2 Å². The van der Waals surface area contributed by atoms with E-state index in [1.807, 2.05) is 6.07 Å². The van der Waals surface area contributed by atoms with E-state index in [0.29, 0.717) is 38.9 Å². The van der Waals surface area contributed by atoms with Crippen LogP contribution in [0.15, 0.2) is 24.5 Å². The molecule has 0 saturated carbocycles. The summed E-state index contributed by atoms with van der Waals surface area (Å²) in [5.41, 5.74) is 1.08. The third kappa shape index (κ3) is 4.14. The minimum Gasteiger partial charge on any atom is -0.480 e. The van der Waals surface area contributed by atoms with E-state index < -0.39 is 5.60 Å². The van der Waals surface area contributed by atoms with Gasteiger partial charge in [0.05, 0.1) is 44.4 Å². The Hall–Kier alpha value is -2.00. The Kier molecular flexibility index (Phi) is 5.40. The molecule has 2 aliphatic rings. The molecule has 8 heteroatoms. The zero-order valence-electron chi connectivity index (χ0n) is 15.6. The second kappa shape index (κ2) is 7.93. The topological polar surface area (TPSA) is 80.2 Å². The quantitative estimate of drug-likeness (QED) is 0.831. The molecular formula is C19H26N4O4. The highest BCUT2D eigenvalue weighted by molar-refractivity contribution is 5.86. The zero-order valence-corrected chi connectivity index (χ0v) is 15.6. The first-order valence-electron chi connectivity index (χ1n) is 9.31. The summed E-state index contributed by atoms with van der Waals surface area (Å²) in [5.74, 6) is 0.594. The van der Waals surface area contributed by atoms with Gasteiger partial charge in [-0.25, -0.2) is 9.97 Å². The van der Waals surface area contributed by atoms with E-state index in [1.165, 1.54) is 6.33 Å². The summed E-state index contributed by atoms with van der Waals surface area (Å²) >= 11 is 0.